The molecule has 1 aliphatic carbocycles. The minimum Gasteiger partial charge on any atom is -0.294 e. The first kappa shape index (κ1) is 10.7. The Labute approximate surface area is 96.2 Å². The van der Waals surface area contributed by atoms with E-state index in [1.165, 1.54) is 0 Å². The maximum absolute atomic E-state index is 12.1. The van der Waals surface area contributed by atoms with Gasteiger partial charge >= 0.3 is 0 Å². The number of hydrogen-bond donors (Lipinski definition) is 0. The number of carbonyl (C=O) groups is 1. The topological polar surface area (TPSA) is 17.1 Å². The van der Waals surface area contributed by atoms with Gasteiger partial charge in [-0.2, -0.15) is 0 Å². The Morgan fingerprint density at radius 2 is 2.00 bits per heavy atom. The summed E-state index contributed by atoms with van der Waals surface area (Å²) in [6.07, 6.45) is 8.98. The van der Waals surface area contributed by atoms with Crippen molar-refractivity contribution in [3.8, 4) is 12.3 Å². The third-order valence-electron chi connectivity index (χ3n) is 3.56. The van der Waals surface area contributed by atoms with Gasteiger partial charge in [0.2, 0.25) is 0 Å². The largest absolute Gasteiger partial charge is 0.294 e. The molecule has 0 fully saturated rings. The van der Waals surface area contributed by atoms with Crippen LogP contribution >= 0.6 is 0 Å². The average molecular weight is 210 g/mol. The van der Waals surface area contributed by atoms with E-state index in [1.807, 2.05) is 44.2 Å². The van der Waals surface area contributed by atoms with E-state index in [9.17, 15) is 4.79 Å². The second kappa shape index (κ2) is 3.64. The van der Waals surface area contributed by atoms with E-state index in [1.54, 1.807) is 6.08 Å². The Morgan fingerprint density at radius 3 is 2.69 bits per heavy atom. The minimum absolute atomic E-state index is 0.0941. The number of allylic oxidation sites excluding steroid dienone is 1. The number of carbonyl (C=O) groups excluding carboxylic acids is 1. The Balaban J connectivity index is 2.67. The Morgan fingerprint density at radius 1 is 1.31 bits per heavy atom. The smallest absolute Gasteiger partial charge is 0.167 e. The van der Waals surface area contributed by atoms with Crippen molar-refractivity contribution >= 4 is 11.9 Å². The van der Waals surface area contributed by atoms with Crippen molar-refractivity contribution < 1.29 is 4.79 Å². The number of ketones is 1. The Kier molecular flexibility index (Phi) is 2.44. The zero-order valence-corrected chi connectivity index (χ0v) is 9.53. The third kappa shape index (κ3) is 1.31. The molecular weight excluding hydrogens is 196 g/mol. The lowest BCUT2D eigenvalue weighted by atomic mass is 9.66. The van der Waals surface area contributed by atoms with Crippen LogP contribution in [0.3, 0.4) is 0 Å². The summed E-state index contributed by atoms with van der Waals surface area (Å²) < 4.78 is 0. The molecule has 0 aromatic heterocycles. The van der Waals surface area contributed by atoms with Gasteiger partial charge in [-0.15, -0.1) is 12.3 Å². The molecule has 0 heterocycles. The summed E-state index contributed by atoms with van der Waals surface area (Å²) in [5.41, 5.74) is 1.54. The predicted molar refractivity (Wildman–Crippen MR) is 65.8 cm³/mol. The van der Waals surface area contributed by atoms with E-state index in [0.717, 1.165) is 11.1 Å². The fourth-order valence-corrected chi connectivity index (χ4v) is 2.20. The van der Waals surface area contributed by atoms with Crippen LogP contribution in [0.25, 0.3) is 6.08 Å². The third-order valence-corrected chi connectivity index (χ3v) is 3.56. The van der Waals surface area contributed by atoms with E-state index < -0.39 is 5.41 Å². The van der Waals surface area contributed by atoms with Crippen LogP contribution in [0.2, 0.25) is 0 Å². The molecule has 2 rings (SSSR count). The standard InChI is InChI=1S/C15H14O/c1-4-11(2)15(3)13-8-6-5-7-12(13)9-10-14(15)16/h1,5-11H,2-3H3/t11-,15-/m1/s1. The molecule has 1 heteroatoms. The van der Waals surface area contributed by atoms with Crippen molar-refractivity contribution in [2.45, 2.75) is 19.3 Å². The molecule has 0 aliphatic heterocycles. The highest BCUT2D eigenvalue weighted by molar-refractivity contribution is 6.05. The van der Waals surface area contributed by atoms with Crippen LogP contribution in [-0.4, -0.2) is 5.78 Å². The molecule has 1 nitrogen and oxygen atoms in total. The van der Waals surface area contributed by atoms with Gasteiger partial charge in [-0.05, 0) is 24.1 Å². The molecule has 1 aliphatic rings. The van der Waals surface area contributed by atoms with Crippen LogP contribution in [-0.2, 0) is 10.2 Å². The van der Waals surface area contributed by atoms with Gasteiger partial charge in [-0.25, -0.2) is 0 Å². The molecule has 0 bridgehead atoms. The highest BCUT2D eigenvalue weighted by Crippen LogP contribution is 2.38. The highest BCUT2D eigenvalue weighted by atomic mass is 16.1. The first-order valence-corrected chi connectivity index (χ1v) is 5.39. The SMILES string of the molecule is C#C[C@@H](C)[C@@]1(C)C(=O)C=Cc2ccccc21. The zero-order chi connectivity index (χ0) is 11.8. The molecule has 0 N–H and O–H groups in total. The van der Waals surface area contributed by atoms with Crippen LogP contribution in [0.1, 0.15) is 25.0 Å². The number of fused-ring (bicyclic) bond motifs is 1. The fraction of sp³-hybridized carbons (Fsp3) is 0.267. The summed E-state index contributed by atoms with van der Waals surface area (Å²) in [4.78, 5) is 12.1. The number of rotatable bonds is 1. The van der Waals surface area contributed by atoms with Gasteiger partial charge in [0.05, 0.1) is 5.41 Å². The highest BCUT2D eigenvalue weighted by Gasteiger charge is 2.41. The Bertz CT molecular complexity index is 504. The summed E-state index contributed by atoms with van der Waals surface area (Å²) >= 11 is 0. The summed E-state index contributed by atoms with van der Waals surface area (Å²) in [5, 5.41) is 0. The van der Waals surface area contributed by atoms with E-state index >= 15 is 0 Å². The number of terminal acetylenes is 1. The molecule has 0 amide bonds. The second-order valence-electron chi connectivity index (χ2n) is 4.38. The van der Waals surface area contributed by atoms with Gasteiger partial charge in [0.15, 0.2) is 5.78 Å². The summed E-state index contributed by atoms with van der Waals surface area (Å²) in [5.74, 6) is 2.68. The van der Waals surface area contributed by atoms with Crippen LogP contribution in [0.15, 0.2) is 30.3 Å². The maximum Gasteiger partial charge on any atom is 0.167 e. The van der Waals surface area contributed by atoms with Crippen molar-refractivity contribution in [1.29, 1.82) is 0 Å². The quantitative estimate of drug-likeness (QED) is 0.651. The molecule has 2 atom stereocenters. The second-order valence-corrected chi connectivity index (χ2v) is 4.38. The molecule has 1 aromatic rings. The van der Waals surface area contributed by atoms with Crippen molar-refractivity contribution in [3.05, 3.63) is 41.5 Å². The van der Waals surface area contributed by atoms with Crippen LogP contribution in [0.4, 0.5) is 0 Å². The molecule has 0 spiro atoms. The van der Waals surface area contributed by atoms with Crippen LogP contribution in [0.5, 0.6) is 0 Å². The summed E-state index contributed by atoms with van der Waals surface area (Å²) in [6.45, 7) is 3.86. The molecule has 0 unspecified atom stereocenters. The molecule has 0 saturated carbocycles. The van der Waals surface area contributed by atoms with Gasteiger partial charge < -0.3 is 0 Å². The molecular formula is C15H14O. The lowest BCUT2D eigenvalue weighted by molar-refractivity contribution is -0.120. The van der Waals surface area contributed by atoms with E-state index in [2.05, 4.69) is 5.92 Å². The van der Waals surface area contributed by atoms with Gasteiger partial charge in [0, 0.05) is 5.92 Å². The lowest BCUT2D eigenvalue weighted by Gasteiger charge is -2.34. The average Bonchev–Trinajstić information content (AvgIpc) is 2.33. The summed E-state index contributed by atoms with van der Waals surface area (Å²) in [6, 6.07) is 7.93. The van der Waals surface area contributed by atoms with Gasteiger partial charge in [0.25, 0.3) is 0 Å². The monoisotopic (exact) mass is 210 g/mol. The Hall–Kier alpha value is -1.81. The first-order valence-electron chi connectivity index (χ1n) is 5.39. The zero-order valence-electron chi connectivity index (χ0n) is 9.53. The summed E-state index contributed by atoms with van der Waals surface area (Å²) in [7, 11) is 0. The molecule has 80 valence electrons. The van der Waals surface area contributed by atoms with Crippen molar-refractivity contribution in [1.82, 2.24) is 0 Å². The first-order chi connectivity index (χ1) is 7.60. The molecule has 16 heavy (non-hydrogen) atoms. The molecule has 0 saturated heterocycles. The molecule has 1 aromatic carbocycles. The van der Waals surface area contributed by atoms with Crippen molar-refractivity contribution in [2.75, 3.05) is 0 Å². The van der Waals surface area contributed by atoms with Crippen molar-refractivity contribution in [3.63, 3.8) is 0 Å². The maximum atomic E-state index is 12.1. The molecule has 0 radical (unpaired) electrons. The predicted octanol–water partition coefficient (Wildman–Crippen LogP) is 2.81. The normalized spacial score (nSPS) is 24.7. The van der Waals surface area contributed by atoms with Crippen LogP contribution in [0, 0.1) is 18.3 Å². The van der Waals surface area contributed by atoms with Gasteiger partial charge in [-0.3, -0.25) is 4.79 Å². The van der Waals surface area contributed by atoms with Gasteiger partial charge in [0.1, 0.15) is 0 Å². The van der Waals surface area contributed by atoms with E-state index in [0.29, 0.717) is 0 Å². The lowest BCUT2D eigenvalue weighted by Crippen LogP contribution is -2.39. The minimum atomic E-state index is -0.583. The van der Waals surface area contributed by atoms with E-state index in [-0.39, 0.29) is 11.7 Å². The van der Waals surface area contributed by atoms with Crippen molar-refractivity contribution in [2.24, 2.45) is 5.92 Å². The van der Waals surface area contributed by atoms with Gasteiger partial charge in [-0.1, -0.05) is 37.3 Å². The van der Waals surface area contributed by atoms with E-state index in [4.69, 9.17) is 6.42 Å². The van der Waals surface area contributed by atoms with Crippen LogP contribution < -0.4 is 0 Å². The fourth-order valence-electron chi connectivity index (χ4n) is 2.20. The number of benzene rings is 1. The number of hydrogen-bond acceptors (Lipinski definition) is 1.